The van der Waals surface area contributed by atoms with Gasteiger partial charge >= 0.3 is 0 Å². The lowest BCUT2D eigenvalue weighted by Crippen LogP contribution is -2.03. The predicted octanol–water partition coefficient (Wildman–Crippen LogP) is 2.88. The first-order chi connectivity index (χ1) is 10.6. The second-order valence-corrected chi connectivity index (χ2v) is 4.32. The average molecular weight is 302 g/mol. The third-order valence-electron chi connectivity index (χ3n) is 3.23. The summed E-state index contributed by atoms with van der Waals surface area (Å²) in [6.07, 6.45) is 0.877. The van der Waals surface area contributed by atoms with Gasteiger partial charge in [-0.3, -0.25) is 19.2 Å². The molecule has 0 heterocycles. The van der Waals surface area contributed by atoms with E-state index in [-0.39, 0.29) is 47.4 Å². The highest BCUT2D eigenvalue weighted by Gasteiger charge is 2.19. The maximum atomic E-state index is 13.5. The maximum absolute atomic E-state index is 13.5. The van der Waals surface area contributed by atoms with Gasteiger partial charge in [0, 0.05) is 11.1 Å². The van der Waals surface area contributed by atoms with Crippen LogP contribution in [0.1, 0.15) is 41.4 Å². The van der Waals surface area contributed by atoms with Crippen molar-refractivity contribution in [3.8, 4) is 11.1 Å². The largest absolute Gasteiger partial charge is 0.298 e. The molecule has 6 heteroatoms. The number of hydrogen-bond donors (Lipinski definition) is 0. The third-order valence-corrected chi connectivity index (χ3v) is 3.23. The molecule has 0 aliphatic carbocycles. The Morgan fingerprint density at radius 2 is 0.864 bits per heavy atom. The fourth-order valence-electron chi connectivity index (χ4n) is 2.18. The number of aldehydes is 4. The van der Waals surface area contributed by atoms with E-state index in [1.165, 1.54) is 12.1 Å². The highest BCUT2D eigenvalue weighted by atomic mass is 19.1. The zero-order valence-corrected chi connectivity index (χ0v) is 11.0. The van der Waals surface area contributed by atoms with Crippen LogP contribution in [0.25, 0.3) is 11.1 Å². The Hall–Kier alpha value is -3.02. The normalized spacial score (nSPS) is 10.1. The van der Waals surface area contributed by atoms with Crippen molar-refractivity contribution in [2.45, 2.75) is 0 Å². The molecule has 2 aromatic rings. The summed E-state index contributed by atoms with van der Waals surface area (Å²) in [5.74, 6) is -1.79. The summed E-state index contributed by atoms with van der Waals surface area (Å²) in [7, 11) is 0. The van der Waals surface area contributed by atoms with Gasteiger partial charge in [0.1, 0.15) is 11.6 Å². The van der Waals surface area contributed by atoms with Crippen LogP contribution in [-0.4, -0.2) is 25.1 Å². The van der Waals surface area contributed by atoms with Crippen molar-refractivity contribution in [3.05, 3.63) is 58.2 Å². The molecule has 2 aromatic carbocycles. The van der Waals surface area contributed by atoms with Crippen molar-refractivity contribution < 1.29 is 28.0 Å². The highest BCUT2D eigenvalue weighted by molar-refractivity contribution is 6.03. The van der Waals surface area contributed by atoms with Crippen LogP contribution in [0.15, 0.2) is 24.3 Å². The second-order valence-electron chi connectivity index (χ2n) is 4.32. The molecule has 0 fully saturated rings. The van der Waals surface area contributed by atoms with E-state index < -0.39 is 22.8 Å². The molecule has 22 heavy (non-hydrogen) atoms. The Morgan fingerprint density at radius 1 is 0.545 bits per heavy atom. The zero-order valence-electron chi connectivity index (χ0n) is 11.0. The zero-order chi connectivity index (χ0) is 16.3. The molecule has 2 rings (SSSR count). The fourth-order valence-corrected chi connectivity index (χ4v) is 2.18. The van der Waals surface area contributed by atoms with E-state index in [1.807, 2.05) is 0 Å². The number of benzene rings is 2. The monoisotopic (exact) mass is 302 g/mol. The lowest BCUT2D eigenvalue weighted by molar-refractivity contribution is 0.109. The minimum atomic E-state index is -0.897. The summed E-state index contributed by atoms with van der Waals surface area (Å²) < 4.78 is 27.1. The summed E-state index contributed by atoms with van der Waals surface area (Å²) in [5.41, 5.74) is -1.38. The Balaban J connectivity index is 2.89. The van der Waals surface area contributed by atoms with Gasteiger partial charge in [-0.1, -0.05) is 12.1 Å². The highest BCUT2D eigenvalue weighted by Crippen LogP contribution is 2.30. The molecule has 0 bridgehead atoms. The minimum absolute atomic E-state index is 0.0590. The smallest absolute Gasteiger partial charge is 0.153 e. The number of carbonyl (C=O) groups excluding carboxylic acids is 4. The van der Waals surface area contributed by atoms with Crippen LogP contribution in [0, 0.1) is 11.6 Å². The number of rotatable bonds is 5. The van der Waals surface area contributed by atoms with E-state index in [9.17, 15) is 28.0 Å². The molecule has 0 amide bonds. The van der Waals surface area contributed by atoms with Gasteiger partial charge in [0.2, 0.25) is 0 Å². The van der Waals surface area contributed by atoms with Gasteiger partial charge in [-0.05, 0) is 23.3 Å². The quantitative estimate of drug-likeness (QED) is 0.796. The number of halogens is 2. The summed E-state index contributed by atoms with van der Waals surface area (Å²) in [6.45, 7) is 0. The van der Waals surface area contributed by atoms with E-state index >= 15 is 0 Å². The SMILES string of the molecule is O=Cc1c(F)ccc(-c2ccc(F)c(C=O)c2C=O)c1C=O. The Bertz CT molecular complexity index is 730. The van der Waals surface area contributed by atoms with Crippen LogP contribution in [0.4, 0.5) is 8.78 Å². The van der Waals surface area contributed by atoms with Crippen LogP contribution in [0.5, 0.6) is 0 Å². The van der Waals surface area contributed by atoms with Crippen molar-refractivity contribution in [1.82, 2.24) is 0 Å². The molecule has 0 radical (unpaired) electrons. The first-order valence-electron chi connectivity index (χ1n) is 6.05. The van der Waals surface area contributed by atoms with E-state index in [1.54, 1.807) is 0 Å². The lowest BCUT2D eigenvalue weighted by atomic mass is 9.91. The summed E-state index contributed by atoms with van der Waals surface area (Å²) in [6, 6.07) is 4.26. The van der Waals surface area contributed by atoms with Crippen molar-refractivity contribution >= 4 is 25.1 Å². The second kappa shape index (κ2) is 6.17. The fraction of sp³-hybridized carbons (Fsp3) is 0. The van der Waals surface area contributed by atoms with Gasteiger partial charge in [-0.25, -0.2) is 8.78 Å². The molecule has 0 N–H and O–H groups in total. The average Bonchev–Trinajstić information content (AvgIpc) is 2.54. The molecule has 0 aliphatic rings. The van der Waals surface area contributed by atoms with Crippen LogP contribution in [-0.2, 0) is 0 Å². The molecule has 0 atom stereocenters. The summed E-state index contributed by atoms with van der Waals surface area (Å²) in [5, 5.41) is 0. The molecule has 0 unspecified atom stereocenters. The van der Waals surface area contributed by atoms with Crippen LogP contribution < -0.4 is 0 Å². The van der Waals surface area contributed by atoms with Gasteiger partial charge < -0.3 is 0 Å². The number of carbonyl (C=O) groups is 4. The van der Waals surface area contributed by atoms with Gasteiger partial charge in [-0.15, -0.1) is 0 Å². The van der Waals surface area contributed by atoms with E-state index in [0.29, 0.717) is 0 Å². The topological polar surface area (TPSA) is 68.3 Å². The van der Waals surface area contributed by atoms with Gasteiger partial charge in [0.15, 0.2) is 25.1 Å². The van der Waals surface area contributed by atoms with Crippen LogP contribution in [0.3, 0.4) is 0 Å². The van der Waals surface area contributed by atoms with E-state index in [0.717, 1.165) is 12.1 Å². The minimum Gasteiger partial charge on any atom is -0.298 e. The van der Waals surface area contributed by atoms with Crippen molar-refractivity contribution in [2.24, 2.45) is 0 Å². The lowest BCUT2D eigenvalue weighted by Gasteiger charge is -2.12. The molecule has 0 spiro atoms. The Labute approximate surface area is 123 Å². The molecule has 0 aromatic heterocycles. The molecule has 110 valence electrons. The van der Waals surface area contributed by atoms with Gasteiger partial charge in [-0.2, -0.15) is 0 Å². The Kier molecular flexibility index (Phi) is 4.31. The molecule has 0 saturated carbocycles. The predicted molar refractivity (Wildman–Crippen MR) is 73.3 cm³/mol. The van der Waals surface area contributed by atoms with E-state index in [2.05, 4.69) is 0 Å². The van der Waals surface area contributed by atoms with E-state index in [4.69, 9.17) is 0 Å². The Morgan fingerprint density at radius 3 is 1.14 bits per heavy atom. The van der Waals surface area contributed by atoms with Crippen LogP contribution >= 0.6 is 0 Å². The van der Waals surface area contributed by atoms with Crippen LogP contribution in [0.2, 0.25) is 0 Å². The van der Waals surface area contributed by atoms with Crippen molar-refractivity contribution in [2.75, 3.05) is 0 Å². The first-order valence-corrected chi connectivity index (χ1v) is 6.05. The molecule has 0 saturated heterocycles. The third kappa shape index (κ3) is 2.35. The van der Waals surface area contributed by atoms with Crippen molar-refractivity contribution in [1.29, 1.82) is 0 Å². The summed E-state index contributed by atoms with van der Waals surface area (Å²) in [4.78, 5) is 44.3. The first kappa shape index (κ1) is 15.4. The van der Waals surface area contributed by atoms with Crippen molar-refractivity contribution in [3.63, 3.8) is 0 Å². The number of hydrogen-bond acceptors (Lipinski definition) is 4. The molecular formula is C16H8F2O4. The van der Waals surface area contributed by atoms with Gasteiger partial charge in [0.05, 0.1) is 11.1 Å². The standard InChI is InChI=1S/C16H8F2O4/c17-15-3-1-9(11(5-19)13(15)7-21)10-2-4-16(18)14(8-22)12(10)6-20/h1-8H. The molecule has 4 nitrogen and oxygen atoms in total. The summed E-state index contributed by atoms with van der Waals surface area (Å²) >= 11 is 0. The molecule has 0 aliphatic heterocycles. The maximum Gasteiger partial charge on any atom is 0.153 e. The van der Waals surface area contributed by atoms with Gasteiger partial charge in [0.25, 0.3) is 0 Å². The molecular weight excluding hydrogens is 294 g/mol.